The van der Waals surface area contributed by atoms with Crippen LogP contribution < -0.4 is 10.6 Å². The molecule has 0 radical (unpaired) electrons. The van der Waals surface area contributed by atoms with Crippen LogP contribution in [-0.2, 0) is 21.2 Å². The molecule has 0 aliphatic carbocycles. The second-order valence-electron chi connectivity index (χ2n) is 6.61. The number of rotatable bonds is 3. The maximum absolute atomic E-state index is 13.2. The Morgan fingerprint density at radius 2 is 1.96 bits per heavy atom. The molecule has 146 valence electrons. The van der Waals surface area contributed by atoms with Crippen molar-refractivity contribution in [2.24, 2.45) is 10.7 Å². The molecule has 2 aromatic carbocycles. The average molecular weight is 400 g/mol. The third-order valence-electron chi connectivity index (χ3n) is 5.00. The predicted octanol–water partition coefficient (Wildman–Crippen LogP) is 1.88. The van der Waals surface area contributed by atoms with Crippen LogP contribution >= 0.6 is 0 Å². The number of nitrogens with zero attached hydrogens (tertiary/aromatic N) is 3. The van der Waals surface area contributed by atoms with Crippen molar-refractivity contribution in [1.29, 1.82) is 0 Å². The van der Waals surface area contributed by atoms with Crippen molar-refractivity contribution in [3.05, 3.63) is 59.7 Å². The summed E-state index contributed by atoms with van der Waals surface area (Å²) in [6, 6.07) is 13.8. The first-order chi connectivity index (χ1) is 13.4. The molecule has 1 amide bonds. The molecule has 28 heavy (non-hydrogen) atoms. The molecule has 9 heteroatoms. The molecule has 0 spiro atoms. The van der Waals surface area contributed by atoms with Crippen LogP contribution in [0, 0.1) is 0 Å². The van der Waals surface area contributed by atoms with Gasteiger partial charge < -0.3 is 10.5 Å². The van der Waals surface area contributed by atoms with Gasteiger partial charge >= 0.3 is 6.09 Å². The van der Waals surface area contributed by atoms with Crippen molar-refractivity contribution in [1.82, 2.24) is 4.31 Å². The summed E-state index contributed by atoms with van der Waals surface area (Å²) in [5.74, 6) is -0.0226. The molecule has 2 aliphatic heterocycles. The Labute approximate surface area is 163 Å². The smallest absolute Gasteiger partial charge is 0.414 e. The summed E-state index contributed by atoms with van der Waals surface area (Å²) in [5, 5.41) is 0. The highest BCUT2D eigenvalue weighted by atomic mass is 32.2. The Morgan fingerprint density at radius 1 is 1.21 bits per heavy atom. The van der Waals surface area contributed by atoms with Gasteiger partial charge in [0.25, 0.3) is 10.0 Å². The van der Waals surface area contributed by atoms with Crippen molar-refractivity contribution in [3.8, 4) is 0 Å². The van der Waals surface area contributed by atoms with E-state index in [-0.39, 0.29) is 23.4 Å². The molecule has 1 unspecified atom stereocenters. The molecule has 2 N–H and O–H groups in total. The number of methoxy groups -OCH3 is 1. The highest BCUT2D eigenvalue weighted by Gasteiger charge is 2.35. The summed E-state index contributed by atoms with van der Waals surface area (Å²) >= 11 is 0. The van der Waals surface area contributed by atoms with Gasteiger partial charge in [-0.2, -0.15) is 0 Å². The second-order valence-corrected chi connectivity index (χ2v) is 8.47. The molecule has 1 atom stereocenters. The van der Waals surface area contributed by atoms with Crippen molar-refractivity contribution in [3.63, 3.8) is 0 Å². The number of carbonyl (C=O) groups is 1. The third-order valence-corrected chi connectivity index (χ3v) is 6.76. The van der Waals surface area contributed by atoms with Crippen molar-refractivity contribution < 1.29 is 17.9 Å². The minimum absolute atomic E-state index is 0.0226. The van der Waals surface area contributed by atoms with Gasteiger partial charge in [-0.3, -0.25) is 4.90 Å². The van der Waals surface area contributed by atoms with Gasteiger partial charge in [0, 0.05) is 6.54 Å². The van der Waals surface area contributed by atoms with Gasteiger partial charge in [-0.15, -0.1) is 0 Å². The minimum Gasteiger partial charge on any atom is -0.452 e. The van der Waals surface area contributed by atoms with Crippen LogP contribution in [0.4, 0.5) is 10.5 Å². The van der Waals surface area contributed by atoms with E-state index in [1.54, 1.807) is 12.1 Å². The van der Waals surface area contributed by atoms with Gasteiger partial charge in [0.15, 0.2) is 0 Å². The van der Waals surface area contributed by atoms with Gasteiger partial charge in [-0.25, -0.2) is 22.5 Å². The molecule has 0 saturated carbocycles. The Hall–Kier alpha value is -3.07. The zero-order valence-corrected chi connectivity index (χ0v) is 16.1. The quantitative estimate of drug-likeness (QED) is 0.847. The van der Waals surface area contributed by atoms with Crippen LogP contribution in [0.3, 0.4) is 0 Å². The number of hydrogen-bond acceptors (Lipinski definition) is 6. The van der Waals surface area contributed by atoms with Crippen LogP contribution in [0.25, 0.3) is 0 Å². The summed E-state index contributed by atoms with van der Waals surface area (Å²) in [7, 11) is -2.53. The Kier molecular flexibility index (Phi) is 4.46. The van der Waals surface area contributed by atoms with Crippen LogP contribution in [0.1, 0.15) is 17.2 Å². The lowest BCUT2D eigenvalue weighted by atomic mass is 10.1. The maximum Gasteiger partial charge on any atom is 0.414 e. The van der Waals surface area contributed by atoms with Gasteiger partial charge in [-0.05, 0) is 35.7 Å². The average Bonchev–Trinajstić information content (AvgIpc) is 3.31. The van der Waals surface area contributed by atoms with E-state index in [0.29, 0.717) is 18.7 Å². The molecule has 8 nitrogen and oxygen atoms in total. The molecule has 0 fully saturated rings. The zero-order valence-electron chi connectivity index (χ0n) is 15.3. The van der Waals surface area contributed by atoms with E-state index in [2.05, 4.69) is 4.99 Å². The molecule has 0 bridgehead atoms. The SMILES string of the molecule is COC(=O)N1CCc2cc(S(=O)(=O)N3CC(c4ccccc4)N=C3N)ccc21. The normalized spacial score (nSPS) is 18.8. The first kappa shape index (κ1) is 18.3. The number of amides is 1. The van der Waals surface area contributed by atoms with E-state index in [0.717, 1.165) is 15.4 Å². The van der Waals surface area contributed by atoms with E-state index in [1.165, 1.54) is 18.1 Å². The van der Waals surface area contributed by atoms with Crippen LogP contribution in [-0.4, -0.2) is 45.0 Å². The zero-order chi connectivity index (χ0) is 19.9. The van der Waals surface area contributed by atoms with Gasteiger partial charge in [0.2, 0.25) is 5.96 Å². The lowest BCUT2D eigenvalue weighted by Gasteiger charge is -2.20. The van der Waals surface area contributed by atoms with E-state index in [1.807, 2.05) is 30.3 Å². The second kappa shape index (κ2) is 6.83. The van der Waals surface area contributed by atoms with Crippen LogP contribution in [0.5, 0.6) is 0 Å². The van der Waals surface area contributed by atoms with Crippen LogP contribution in [0.15, 0.2) is 58.4 Å². The fraction of sp³-hybridized carbons (Fsp3) is 0.263. The number of aliphatic imine (C=N–C) groups is 1. The van der Waals surface area contributed by atoms with Crippen molar-refractivity contribution in [2.45, 2.75) is 17.4 Å². The van der Waals surface area contributed by atoms with E-state index >= 15 is 0 Å². The van der Waals surface area contributed by atoms with E-state index in [4.69, 9.17) is 10.5 Å². The standard InChI is InChI=1S/C19H20N4O4S/c1-27-19(24)22-10-9-14-11-15(7-8-17(14)22)28(25,26)23-12-16(21-18(23)20)13-5-3-2-4-6-13/h2-8,11,16H,9-10,12H2,1H3,(H2,20,21). The summed E-state index contributed by atoms with van der Waals surface area (Å²) in [6.07, 6.45) is 0.0975. The van der Waals surface area contributed by atoms with Crippen molar-refractivity contribution >= 4 is 27.8 Å². The van der Waals surface area contributed by atoms with Crippen LogP contribution in [0.2, 0.25) is 0 Å². The number of sulfonamides is 1. The largest absolute Gasteiger partial charge is 0.452 e. The molecule has 2 aliphatic rings. The fourth-order valence-electron chi connectivity index (χ4n) is 3.56. The van der Waals surface area contributed by atoms with Gasteiger partial charge in [0.1, 0.15) is 0 Å². The lowest BCUT2D eigenvalue weighted by Crippen LogP contribution is -2.39. The number of guanidine groups is 1. The first-order valence-corrected chi connectivity index (χ1v) is 10.2. The lowest BCUT2D eigenvalue weighted by molar-refractivity contribution is 0.179. The van der Waals surface area contributed by atoms with Gasteiger partial charge in [-0.1, -0.05) is 30.3 Å². The molecule has 4 rings (SSSR count). The number of benzene rings is 2. The first-order valence-electron chi connectivity index (χ1n) is 8.81. The topological polar surface area (TPSA) is 105 Å². The summed E-state index contributed by atoms with van der Waals surface area (Å²) < 4.78 is 32.2. The minimum atomic E-state index is -3.85. The third kappa shape index (κ3) is 2.97. The predicted molar refractivity (Wildman–Crippen MR) is 105 cm³/mol. The Morgan fingerprint density at radius 3 is 2.68 bits per heavy atom. The van der Waals surface area contributed by atoms with E-state index < -0.39 is 16.1 Å². The Bertz CT molecular complexity index is 1050. The van der Waals surface area contributed by atoms with Gasteiger partial charge in [0.05, 0.1) is 30.3 Å². The molecule has 0 saturated heterocycles. The summed E-state index contributed by atoms with van der Waals surface area (Å²) in [5.41, 5.74) is 8.30. The number of anilines is 1. The number of nitrogens with two attached hydrogens (primary N) is 1. The number of hydrogen-bond donors (Lipinski definition) is 1. The maximum atomic E-state index is 13.2. The van der Waals surface area contributed by atoms with E-state index in [9.17, 15) is 13.2 Å². The van der Waals surface area contributed by atoms with Crippen molar-refractivity contribution in [2.75, 3.05) is 25.1 Å². The highest BCUT2D eigenvalue weighted by Crippen LogP contribution is 2.33. The molecule has 2 aromatic rings. The molecular weight excluding hydrogens is 380 g/mol. The molecule has 2 heterocycles. The summed E-state index contributed by atoms with van der Waals surface area (Å²) in [4.78, 5) is 17.8. The number of fused-ring (bicyclic) bond motifs is 1. The summed E-state index contributed by atoms with van der Waals surface area (Å²) in [6.45, 7) is 0.610. The Balaban J connectivity index is 1.62. The number of ether oxygens (including phenoxy) is 1. The number of carbonyl (C=O) groups excluding carboxylic acids is 1. The highest BCUT2D eigenvalue weighted by molar-refractivity contribution is 7.89. The molecule has 0 aromatic heterocycles. The fourth-order valence-corrected chi connectivity index (χ4v) is 4.97. The monoisotopic (exact) mass is 400 g/mol. The molecular formula is C19H20N4O4S.